The largest absolute Gasteiger partial charge is 0.484 e. The van der Waals surface area contributed by atoms with Crippen LogP contribution in [0.2, 0.25) is 10.0 Å². The predicted octanol–water partition coefficient (Wildman–Crippen LogP) is 3.72. The van der Waals surface area contributed by atoms with Crippen LogP contribution in [0, 0.1) is 0 Å². The van der Waals surface area contributed by atoms with Gasteiger partial charge in [0.1, 0.15) is 5.75 Å². The monoisotopic (exact) mass is 420 g/mol. The quantitative estimate of drug-likeness (QED) is 0.774. The van der Waals surface area contributed by atoms with Crippen molar-refractivity contribution in [3.63, 3.8) is 0 Å². The molecule has 7 heteroatoms. The molecule has 2 aromatic carbocycles. The smallest absolute Gasteiger partial charge is 0.258 e. The summed E-state index contributed by atoms with van der Waals surface area (Å²) >= 11 is 11.7. The fourth-order valence-electron chi connectivity index (χ4n) is 3.11. The zero-order valence-corrected chi connectivity index (χ0v) is 16.9. The number of nitrogens with one attached hydrogen (secondary N) is 1. The van der Waals surface area contributed by atoms with Gasteiger partial charge in [0.05, 0.1) is 6.42 Å². The molecular formula is C21H22Cl2N2O3. The minimum atomic E-state index is -0.166. The van der Waals surface area contributed by atoms with Crippen molar-refractivity contribution >= 4 is 35.0 Å². The molecule has 0 bridgehead atoms. The van der Waals surface area contributed by atoms with E-state index in [9.17, 15) is 9.59 Å². The Labute approximate surface area is 174 Å². The number of hydrogen-bond donors (Lipinski definition) is 1. The molecule has 0 radical (unpaired) electrons. The number of rotatable bonds is 6. The maximum Gasteiger partial charge on any atom is 0.258 e. The summed E-state index contributed by atoms with van der Waals surface area (Å²) in [6, 6.07) is 14.2. The normalized spacial score (nSPS) is 14.6. The van der Waals surface area contributed by atoms with Gasteiger partial charge in [-0.05, 0) is 54.8 Å². The molecule has 1 fully saturated rings. The van der Waals surface area contributed by atoms with Crippen LogP contribution in [-0.2, 0) is 16.0 Å². The lowest BCUT2D eigenvalue weighted by atomic mass is 10.0. The predicted molar refractivity (Wildman–Crippen MR) is 110 cm³/mol. The first-order valence-corrected chi connectivity index (χ1v) is 9.95. The van der Waals surface area contributed by atoms with Crippen LogP contribution in [0.1, 0.15) is 18.4 Å². The van der Waals surface area contributed by atoms with Gasteiger partial charge in [0.2, 0.25) is 5.91 Å². The average Bonchev–Trinajstić information content (AvgIpc) is 2.70. The Kier molecular flexibility index (Phi) is 7.18. The Morgan fingerprint density at radius 2 is 1.54 bits per heavy atom. The van der Waals surface area contributed by atoms with Gasteiger partial charge in [0.15, 0.2) is 6.61 Å². The average molecular weight is 421 g/mol. The number of piperidine rings is 1. The standard InChI is InChI=1S/C21H22Cl2N2O3/c22-16-3-1-15(2-4-16)13-21(27)25-11-9-18(10-12-25)24-20(26)14-28-19-7-5-17(23)6-8-19/h1-8,18H,9-14H2,(H,24,26). The first kappa shape index (κ1) is 20.5. The summed E-state index contributed by atoms with van der Waals surface area (Å²) in [6.45, 7) is 1.22. The number of amides is 2. The summed E-state index contributed by atoms with van der Waals surface area (Å²) in [5.74, 6) is 0.529. The van der Waals surface area contributed by atoms with E-state index in [1.54, 1.807) is 36.4 Å². The highest BCUT2D eigenvalue weighted by Gasteiger charge is 2.24. The van der Waals surface area contributed by atoms with Crippen molar-refractivity contribution in [2.45, 2.75) is 25.3 Å². The molecular weight excluding hydrogens is 399 g/mol. The number of ether oxygens (including phenoxy) is 1. The van der Waals surface area contributed by atoms with E-state index >= 15 is 0 Å². The Balaban J connectivity index is 1.38. The van der Waals surface area contributed by atoms with Crippen molar-refractivity contribution in [2.75, 3.05) is 19.7 Å². The van der Waals surface area contributed by atoms with E-state index < -0.39 is 0 Å². The SMILES string of the molecule is O=C(COc1ccc(Cl)cc1)NC1CCN(C(=O)Cc2ccc(Cl)cc2)CC1. The molecule has 5 nitrogen and oxygen atoms in total. The van der Waals surface area contributed by atoms with E-state index in [0.717, 1.165) is 18.4 Å². The van der Waals surface area contributed by atoms with Crippen molar-refractivity contribution in [1.29, 1.82) is 0 Å². The van der Waals surface area contributed by atoms with Gasteiger partial charge in [-0.2, -0.15) is 0 Å². The zero-order chi connectivity index (χ0) is 19.9. The molecule has 1 aliphatic heterocycles. The lowest BCUT2D eigenvalue weighted by Gasteiger charge is -2.32. The fourth-order valence-corrected chi connectivity index (χ4v) is 3.36. The third kappa shape index (κ3) is 6.14. The highest BCUT2D eigenvalue weighted by atomic mass is 35.5. The van der Waals surface area contributed by atoms with Gasteiger partial charge < -0.3 is 15.0 Å². The van der Waals surface area contributed by atoms with Gasteiger partial charge in [-0.15, -0.1) is 0 Å². The summed E-state index contributed by atoms with van der Waals surface area (Å²) in [7, 11) is 0. The number of hydrogen-bond acceptors (Lipinski definition) is 3. The Morgan fingerprint density at radius 3 is 2.14 bits per heavy atom. The van der Waals surface area contributed by atoms with Crippen LogP contribution in [0.25, 0.3) is 0 Å². The van der Waals surface area contributed by atoms with Gasteiger partial charge in [-0.3, -0.25) is 9.59 Å². The van der Waals surface area contributed by atoms with E-state index in [4.69, 9.17) is 27.9 Å². The summed E-state index contributed by atoms with van der Waals surface area (Å²) in [6.07, 6.45) is 1.83. The number of likely N-dealkylation sites (tertiary alicyclic amines) is 1. The third-order valence-corrected chi connectivity index (χ3v) is 5.17. The molecule has 0 unspecified atom stereocenters. The van der Waals surface area contributed by atoms with Crippen molar-refractivity contribution in [2.24, 2.45) is 0 Å². The molecule has 0 saturated carbocycles. The molecule has 1 saturated heterocycles. The first-order valence-electron chi connectivity index (χ1n) is 9.19. The summed E-state index contributed by atoms with van der Waals surface area (Å²) in [5.41, 5.74) is 0.948. The molecule has 0 spiro atoms. The molecule has 0 aromatic heterocycles. The second-order valence-corrected chi connectivity index (χ2v) is 7.64. The van der Waals surface area contributed by atoms with Crippen LogP contribution >= 0.6 is 23.2 Å². The van der Waals surface area contributed by atoms with Gasteiger partial charge in [0, 0.05) is 29.2 Å². The van der Waals surface area contributed by atoms with Crippen molar-refractivity contribution in [1.82, 2.24) is 10.2 Å². The third-order valence-electron chi connectivity index (χ3n) is 4.66. The van der Waals surface area contributed by atoms with Crippen LogP contribution in [0.15, 0.2) is 48.5 Å². The van der Waals surface area contributed by atoms with E-state index in [1.165, 1.54) is 0 Å². The zero-order valence-electron chi connectivity index (χ0n) is 15.4. The number of carbonyl (C=O) groups excluding carboxylic acids is 2. The number of nitrogens with zero attached hydrogens (tertiary/aromatic N) is 1. The van der Waals surface area contributed by atoms with Crippen LogP contribution in [0.4, 0.5) is 0 Å². The van der Waals surface area contributed by atoms with Gasteiger partial charge >= 0.3 is 0 Å². The first-order chi connectivity index (χ1) is 13.5. The molecule has 2 aromatic rings. The Hall–Kier alpha value is -2.24. The highest BCUT2D eigenvalue weighted by molar-refractivity contribution is 6.30. The topological polar surface area (TPSA) is 58.6 Å². The van der Waals surface area contributed by atoms with Crippen molar-refractivity contribution < 1.29 is 14.3 Å². The number of halogens is 2. The van der Waals surface area contributed by atoms with E-state index in [-0.39, 0.29) is 24.5 Å². The lowest BCUT2D eigenvalue weighted by Crippen LogP contribution is -2.47. The molecule has 2 amide bonds. The van der Waals surface area contributed by atoms with Crippen LogP contribution in [0.5, 0.6) is 5.75 Å². The Bertz CT molecular complexity index is 801. The molecule has 1 N–H and O–H groups in total. The highest BCUT2D eigenvalue weighted by Crippen LogP contribution is 2.16. The van der Waals surface area contributed by atoms with Crippen LogP contribution in [0.3, 0.4) is 0 Å². The van der Waals surface area contributed by atoms with Crippen molar-refractivity contribution in [3.05, 3.63) is 64.1 Å². The van der Waals surface area contributed by atoms with Crippen molar-refractivity contribution in [3.8, 4) is 5.75 Å². The van der Waals surface area contributed by atoms with Crippen LogP contribution < -0.4 is 10.1 Å². The second kappa shape index (κ2) is 9.80. The molecule has 148 valence electrons. The maximum atomic E-state index is 12.4. The molecule has 3 rings (SSSR count). The lowest BCUT2D eigenvalue weighted by molar-refractivity contribution is -0.131. The minimum absolute atomic E-state index is 0.0443. The van der Waals surface area contributed by atoms with Gasteiger partial charge in [0.25, 0.3) is 5.91 Å². The van der Waals surface area contributed by atoms with Crippen LogP contribution in [-0.4, -0.2) is 42.5 Å². The molecule has 1 heterocycles. The van der Waals surface area contributed by atoms with Gasteiger partial charge in [-0.1, -0.05) is 35.3 Å². The molecule has 0 atom stereocenters. The molecule has 1 aliphatic rings. The summed E-state index contributed by atoms with van der Waals surface area (Å²) in [5, 5.41) is 4.25. The second-order valence-electron chi connectivity index (χ2n) is 6.77. The Morgan fingerprint density at radius 1 is 0.964 bits per heavy atom. The summed E-state index contributed by atoms with van der Waals surface area (Å²) < 4.78 is 5.45. The maximum absolute atomic E-state index is 12.4. The van der Waals surface area contributed by atoms with E-state index in [2.05, 4.69) is 5.32 Å². The number of carbonyl (C=O) groups is 2. The minimum Gasteiger partial charge on any atom is -0.484 e. The number of benzene rings is 2. The molecule has 0 aliphatic carbocycles. The van der Waals surface area contributed by atoms with Gasteiger partial charge in [-0.25, -0.2) is 0 Å². The summed E-state index contributed by atoms with van der Waals surface area (Å²) in [4.78, 5) is 26.4. The van der Waals surface area contributed by atoms with E-state index in [0.29, 0.717) is 35.3 Å². The van der Waals surface area contributed by atoms with E-state index in [1.807, 2.05) is 17.0 Å². The fraction of sp³-hybridized carbons (Fsp3) is 0.333. The molecule has 28 heavy (non-hydrogen) atoms.